The van der Waals surface area contributed by atoms with Crippen LogP contribution in [0.25, 0.3) is 0 Å². The number of hydrogen-bond acceptors (Lipinski definition) is 1. The van der Waals surface area contributed by atoms with Crippen LogP contribution in [0.2, 0.25) is 0 Å². The number of aromatic nitrogens is 1. The molecule has 0 unspecified atom stereocenters. The lowest BCUT2D eigenvalue weighted by Crippen LogP contribution is -1.81. The van der Waals surface area contributed by atoms with Crippen molar-refractivity contribution in [3.8, 4) is 0 Å². The van der Waals surface area contributed by atoms with Crippen molar-refractivity contribution in [3.05, 3.63) is 53.4 Å². The van der Waals surface area contributed by atoms with Gasteiger partial charge in [0, 0.05) is 11.9 Å². The lowest BCUT2D eigenvalue weighted by molar-refractivity contribution is 1.15. The summed E-state index contributed by atoms with van der Waals surface area (Å²) in [6.45, 7) is 17.9. The summed E-state index contributed by atoms with van der Waals surface area (Å²) < 4.78 is 0. The van der Waals surface area contributed by atoms with Crippen molar-refractivity contribution < 1.29 is 0 Å². The lowest BCUT2D eigenvalue weighted by atomic mass is 10.2. The Morgan fingerprint density at radius 2 is 1.76 bits per heavy atom. The largest absolute Gasteiger partial charge is 0.261 e. The third-order valence-electron chi connectivity index (χ3n) is 2.38. The molecule has 1 rings (SSSR count). The average molecular weight is 233 g/mol. The minimum Gasteiger partial charge on any atom is -0.261 e. The van der Waals surface area contributed by atoms with Crippen LogP contribution in [0.4, 0.5) is 0 Å². The molecule has 96 valence electrons. The van der Waals surface area contributed by atoms with E-state index in [0.717, 1.165) is 11.3 Å². The van der Waals surface area contributed by atoms with Gasteiger partial charge in [-0.2, -0.15) is 0 Å². The van der Waals surface area contributed by atoms with Crippen molar-refractivity contribution in [1.82, 2.24) is 4.98 Å². The Kier molecular flexibility index (Phi) is 11.8. The number of pyridine rings is 1. The molecule has 0 N–H and O–H groups in total. The van der Waals surface area contributed by atoms with Crippen molar-refractivity contribution in [2.24, 2.45) is 0 Å². The van der Waals surface area contributed by atoms with Crippen LogP contribution in [0.1, 0.15) is 45.9 Å². The highest BCUT2D eigenvalue weighted by Gasteiger charge is 1.85. The molecule has 0 aliphatic rings. The Bertz CT molecular complexity index is 327. The summed E-state index contributed by atoms with van der Waals surface area (Å²) in [5.41, 5.74) is 4.81. The maximum atomic E-state index is 4.08. The Balaban J connectivity index is 0. The molecule has 0 spiro atoms. The molecule has 1 heteroatoms. The number of hydrogen-bond donors (Lipinski definition) is 0. The van der Waals surface area contributed by atoms with Crippen LogP contribution in [0, 0.1) is 13.8 Å². The molecular formula is C16H27N. The number of nitrogens with zero attached hydrogens (tertiary/aromatic N) is 1. The van der Waals surface area contributed by atoms with E-state index in [2.05, 4.69) is 37.6 Å². The average Bonchev–Trinajstić information content (AvgIpc) is 2.35. The van der Waals surface area contributed by atoms with Gasteiger partial charge in [0.2, 0.25) is 0 Å². The molecule has 17 heavy (non-hydrogen) atoms. The smallest absolute Gasteiger partial charge is 0.0401 e. The zero-order valence-electron chi connectivity index (χ0n) is 12.5. The normalized spacial score (nSPS) is 9.47. The molecule has 0 atom stereocenters. The second kappa shape index (κ2) is 11.1. The van der Waals surface area contributed by atoms with E-state index in [1.165, 1.54) is 11.1 Å². The first kappa shape index (κ1) is 18.0. The Labute approximate surface area is 107 Å². The van der Waals surface area contributed by atoms with E-state index in [0.29, 0.717) is 0 Å². The number of aryl methyl sites for hydroxylation is 2. The minimum atomic E-state index is 1.12. The fourth-order valence-electron chi connectivity index (χ4n) is 0.811. The van der Waals surface area contributed by atoms with Crippen LogP contribution in [-0.2, 0) is 0 Å². The Morgan fingerprint density at radius 3 is 1.94 bits per heavy atom. The topological polar surface area (TPSA) is 12.9 Å². The molecule has 0 bridgehead atoms. The molecule has 0 radical (unpaired) electrons. The zero-order valence-corrected chi connectivity index (χ0v) is 12.5. The molecule has 1 heterocycles. The summed E-state index contributed by atoms with van der Waals surface area (Å²) in [5.74, 6) is 0. The van der Waals surface area contributed by atoms with Gasteiger partial charge < -0.3 is 0 Å². The van der Waals surface area contributed by atoms with E-state index in [9.17, 15) is 0 Å². The van der Waals surface area contributed by atoms with Gasteiger partial charge in [0.15, 0.2) is 0 Å². The first-order chi connectivity index (χ1) is 7.99. The molecule has 0 fully saturated rings. The van der Waals surface area contributed by atoms with Gasteiger partial charge in [0.25, 0.3) is 0 Å². The monoisotopic (exact) mass is 233 g/mol. The second-order valence-corrected chi connectivity index (χ2v) is 3.66. The predicted molar refractivity (Wildman–Crippen MR) is 79.3 cm³/mol. The van der Waals surface area contributed by atoms with Gasteiger partial charge >= 0.3 is 0 Å². The van der Waals surface area contributed by atoms with Crippen LogP contribution in [0.3, 0.4) is 0 Å². The zero-order chi connectivity index (χ0) is 13.8. The van der Waals surface area contributed by atoms with Crippen molar-refractivity contribution in [2.75, 3.05) is 0 Å². The predicted octanol–water partition coefficient (Wildman–Crippen LogP) is 5.25. The van der Waals surface area contributed by atoms with Gasteiger partial charge in [0.05, 0.1) is 0 Å². The summed E-state index contributed by atoms with van der Waals surface area (Å²) >= 11 is 0. The van der Waals surface area contributed by atoms with E-state index in [4.69, 9.17) is 0 Å². The summed E-state index contributed by atoms with van der Waals surface area (Å²) in [6.07, 6.45) is 3.87. The minimum absolute atomic E-state index is 1.12. The molecule has 1 aromatic heterocycles. The highest BCUT2D eigenvalue weighted by atomic mass is 14.6. The van der Waals surface area contributed by atoms with E-state index in [-0.39, 0.29) is 0 Å². The molecule has 0 saturated carbocycles. The maximum Gasteiger partial charge on any atom is 0.0401 e. The summed E-state index contributed by atoms with van der Waals surface area (Å²) in [4.78, 5) is 4.08. The third kappa shape index (κ3) is 9.55. The van der Waals surface area contributed by atoms with Crippen LogP contribution in [0.5, 0.6) is 0 Å². The fourth-order valence-corrected chi connectivity index (χ4v) is 0.811. The first-order valence-corrected chi connectivity index (χ1v) is 6.16. The van der Waals surface area contributed by atoms with Gasteiger partial charge in [-0.1, -0.05) is 43.7 Å². The second-order valence-electron chi connectivity index (χ2n) is 3.66. The summed E-state index contributed by atoms with van der Waals surface area (Å²) in [5, 5.41) is 0. The van der Waals surface area contributed by atoms with Gasteiger partial charge in [-0.15, -0.1) is 0 Å². The standard InChI is InChI=1S/C7H9N.C7H12.C2H6/c1-6-4-3-5-8-7(6)2;1-5-7(4)6(2)3;1-2/h3-5H,1-2H3;5H,2H2,1,3-4H3;1-2H3/b;7-5-;. The molecule has 0 saturated heterocycles. The fraction of sp³-hybridized carbons (Fsp3) is 0.438. The lowest BCUT2D eigenvalue weighted by Gasteiger charge is -1.92. The molecule has 1 aromatic rings. The van der Waals surface area contributed by atoms with Gasteiger partial charge in [-0.05, 0) is 46.2 Å². The molecular weight excluding hydrogens is 206 g/mol. The summed E-state index contributed by atoms with van der Waals surface area (Å²) in [6, 6.07) is 4.00. The molecule has 0 aliphatic carbocycles. The highest BCUT2D eigenvalue weighted by Crippen LogP contribution is 2.02. The van der Waals surface area contributed by atoms with Gasteiger partial charge in [-0.25, -0.2) is 0 Å². The van der Waals surface area contributed by atoms with E-state index in [1.807, 2.05) is 46.9 Å². The molecule has 0 amide bonds. The van der Waals surface area contributed by atoms with Gasteiger partial charge in [-0.3, -0.25) is 4.98 Å². The van der Waals surface area contributed by atoms with Crippen LogP contribution in [-0.4, -0.2) is 4.98 Å². The molecule has 0 aliphatic heterocycles. The first-order valence-electron chi connectivity index (χ1n) is 6.16. The third-order valence-corrected chi connectivity index (χ3v) is 2.38. The quantitative estimate of drug-likeness (QED) is 0.603. The van der Waals surface area contributed by atoms with Crippen molar-refractivity contribution in [2.45, 2.75) is 48.5 Å². The van der Waals surface area contributed by atoms with E-state index >= 15 is 0 Å². The molecule has 1 nitrogen and oxygen atoms in total. The van der Waals surface area contributed by atoms with Crippen LogP contribution < -0.4 is 0 Å². The number of allylic oxidation sites excluding steroid dienone is 3. The van der Waals surface area contributed by atoms with Crippen LogP contribution in [0.15, 0.2) is 42.1 Å². The summed E-state index contributed by atoms with van der Waals surface area (Å²) in [7, 11) is 0. The van der Waals surface area contributed by atoms with E-state index < -0.39 is 0 Å². The number of rotatable bonds is 1. The van der Waals surface area contributed by atoms with Crippen molar-refractivity contribution in [3.63, 3.8) is 0 Å². The Hall–Kier alpha value is -1.37. The maximum absolute atomic E-state index is 4.08. The Morgan fingerprint density at radius 1 is 1.24 bits per heavy atom. The van der Waals surface area contributed by atoms with Gasteiger partial charge in [0.1, 0.15) is 0 Å². The van der Waals surface area contributed by atoms with Crippen molar-refractivity contribution in [1.29, 1.82) is 0 Å². The highest BCUT2D eigenvalue weighted by molar-refractivity contribution is 5.22. The SMILES string of the molecule is C=C(C)/C(C)=C\C.CC.Cc1cccnc1C. The van der Waals surface area contributed by atoms with E-state index in [1.54, 1.807) is 0 Å². The van der Waals surface area contributed by atoms with Crippen molar-refractivity contribution >= 4 is 0 Å². The molecule has 0 aromatic carbocycles. The van der Waals surface area contributed by atoms with Crippen LogP contribution >= 0.6 is 0 Å².